The van der Waals surface area contributed by atoms with Crippen LogP contribution in [0.3, 0.4) is 0 Å². The van der Waals surface area contributed by atoms with Crippen LogP contribution in [0.15, 0.2) is 30.0 Å². The summed E-state index contributed by atoms with van der Waals surface area (Å²) in [5.41, 5.74) is 0.763. The summed E-state index contributed by atoms with van der Waals surface area (Å²) >= 11 is 0. The molecule has 0 bridgehead atoms. The van der Waals surface area contributed by atoms with Gasteiger partial charge in [-0.2, -0.15) is 0 Å². The zero-order chi connectivity index (χ0) is 19.8. The summed E-state index contributed by atoms with van der Waals surface area (Å²) < 4.78 is 16.6. The van der Waals surface area contributed by atoms with Crippen LogP contribution in [0.1, 0.15) is 45.6 Å². The van der Waals surface area contributed by atoms with E-state index in [0.29, 0.717) is 0 Å². The lowest BCUT2D eigenvalue weighted by Gasteiger charge is -2.40. The first-order valence-corrected chi connectivity index (χ1v) is 9.57. The molecule has 0 aromatic heterocycles. The van der Waals surface area contributed by atoms with Crippen LogP contribution in [0.2, 0.25) is 0 Å². The number of ether oxygens (including phenoxy) is 3. The van der Waals surface area contributed by atoms with Crippen LogP contribution < -0.4 is 9.47 Å². The molecule has 2 aliphatic rings. The standard InChI is InChI=1S/C22H31NO4/c1-21(2,3)20(24)27-16-9-10-22(11-12-23(4)19(22)14-16)15-7-8-17(25-5)18(13-15)26-6/h7-8,13-14,19H,9-12H2,1-6H3/t19-,22-/m0/s1. The second-order valence-corrected chi connectivity index (χ2v) is 8.67. The van der Waals surface area contributed by atoms with Gasteiger partial charge >= 0.3 is 5.97 Å². The fraction of sp³-hybridized carbons (Fsp3) is 0.591. The Kier molecular flexibility index (Phi) is 5.26. The number of hydrogen-bond acceptors (Lipinski definition) is 5. The molecule has 0 saturated carbocycles. The number of esters is 1. The largest absolute Gasteiger partial charge is 0.493 e. The van der Waals surface area contributed by atoms with Crippen LogP contribution in [0.4, 0.5) is 0 Å². The van der Waals surface area contributed by atoms with Crippen molar-refractivity contribution < 1.29 is 19.0 Å². The van der Waals surface area contributed by atoms with E-state index in [1.54, 1.807) is 14.2 Å². The Bertz CT molecular complexity index is 749. The number of likely N-dealkylation sites (N-methyl/N-ethyl adjacent to an activating group) is 1. The molecule has 1 aliphatic heterocycles. The van der Waals surface area contributed by atoms with Gasteiger partial charge in [-0.1, -0.05) is 6.07 Å². The van der Waals surface area contributed by atoms with Crippen LogP contribution in [0.5, 0.6) is 11.5 Å². The molecule has 1 aliphatic carbocycles. The van der Waals surface area contributed by atoms with Gasteiger partial charge in [0.15, 0.2) is 11.5 Å². The minimum atomic E-state index is -0.500. The first kappa shape index (κ1) is 19.7. The van der Waals surface area contributed by atoms with Crippen LogP contribution in [0, 0.1) is 5.41 Å². The van der Waals surface area contributed by atoms with E-state index in [2.05, 4.69) is 30.2 Å². The van der Waals surface area contributed by atoms with Crippen LogP contribution in [0.25, 0.3) is 0 Å². The number of methoxy groups -OCH3 is 2. The summed E-state index contributed by atoms with van der Waals surface area (Å²) in [6.07, 6.45) is 4.93. The summed E-state index contributed by atoms with van der Waals surface area (Å²) in [7, 11) is 5.46. The third kappa shape index (κ3) is 3.57. The van der Waals surface area contributed by atoms with Gasteiger partial charge < -0.3 is 14.2 Å². The molecule has 5 nitrogen and oxygen atoms in total. The van der Waals surface area contributed by atoms with E-state index in [4.69, 9.17) is 14.2 Å². The zero-order valence-electron chi connectivity index (χ0n) is 17.3. The van der Waals surface area contributed by atoms with Crippen molar-refractivity contribution >= 4 is 5.97 Å². The van der Waals surface area contributed by atoms with E-state index in [0.717, 1.165) is 43.1 Å². The Morgan fingerprint density at radius 1 is 1.15 bits per heavy atom. The molecule has 1 aromatic carbocycles. The fourth-order valence-electron chi connectivity index (χ4n) is 4.21. The molecule has 3 rings (SSSR count). The van der Waals surface area contributed by atoms with Gasteiger partial charge in [0.05, 0.1) is 19.6 Å². The Morgan fingerprint density at radius 2 is 1.85 bits per heavy atom. The molecule has 5 heteroatoms. The van der Waals surface area contributed by atoms with Gasteiger partial charge in [0, 0.05) is 17.9 Å². The zero-order valence-corrected chi connectivity index (χ0v) is 17.3. The minimum Gasteiger partial charge on any atom is -0.493 e. The molecule has 1 heterocycles. The summed E-state index contributed by atoms with van der Waals surface area (Å²) in [4.78, 5) is 14.7. The van der Waals surface area contributed by atoms with Gasteiger partial charge in [-0.3, -0.25) is 9.69 Å². The molecule has 2 atom stereocenters. The summed E-state index contributed by atoms with van der Waals surface area (Å²) in [6.45, 7) is 6.66. The van der Waals surface area contributed by atoms with Gasteiger partial charge in [-0.05, 0) is 71.0 Å². The van der Waals surface area contributed by atoms with E-state index >= 15 is 0 Å². The molecule has 0 N–H and O–H groups in total. The van der Waals surface area contributed by atoms with Gasteiger partial charge in [0.2, 0.25) is 0 Å². The number of carbonyl (C=O) groups is 1. The summed E-state index contributed by atoms with van der Waals surface area (Å²) in [6, 6.07) is 6.43. The van der Waals surface area contributed by atoms with Gasteiger partial charge in [0.25, 0.3) is 0 Å². The average Bonchev–Trinajstić information content (AvgIpc) is 2.98. The van der Waals surface area contributed by atoms with Gasteiger partial charge in [0.1, 0.15) is 5.76 Å². The lowest BCUT2D eigenvalue weighted by molar-refractivity contribution is -0.149. The van der Waals surface area contributed by atoms with E-state index in [1.807, 2.05) is 26.8 Å². The number of rotatable bonds is 4. The predicted octanol–water partition coefficient (Wildman–Crippen LogP) is 3.91. The van der Waals surface area contributed by atoms with Gasteiger partial charge in [-0.15, -0.1) is 0 Å². The van der Waals surface area contributed by atoms with Crippen molar-refractivity contribution in [2.24, 2.45) is 5.41 Å². The molecule has 1 aromatic rings. The third-order valence-electron chi connectivity index (χ3n) is 5.91. The highest BCUT2D eigenvalue weighted by Gasteiger charge is 2.48. The molecule has 0 spiro atoms. The Hall–Kier alpha value is -2.01. The molecule has 1 saturated heterocycles. The number of allylic oxidation sites excluding steroid dienone is 1. The molecule has 27 heavy (non-hydrogen) atoms. The Balaban J connectivity index is 1.93. The molecule has 0 radical (unpaired) electrons. The van der Waals surface area contributed by atoms with E-state index in [1.165, 1.54) is 5.56 Å². The fourth-order valence-corrected chi connectivity index (χ4v) is 4.21. The van der Waals surface area contributed by atoms with Crippen molar-refractivity contribution in [1.82, 2.24) is 4.90 Å². The van der Waals surface area contributed by atoms with Crippen molar-refractivity contribution in [2.75, 3.05) is 27.8 Å². The topological polar surface area (TPSA) is 48.0 Å². The third-order valence-corrected chi connectivity index (χ3v) is 5.91. The highest BCUT2D eigenvalue weighted by molar-refractivity contribution is 5.76. The minimum absolute atomic E-state index is 0.00589. The van der Waals surface area contributed by atoms with E-state index in [-0.39, 0.29) is 17.4 Å². The lowest BCUT2D eigenvalue weighted by Crippen LogP contribution is -2.42. The van der Waals surface area contributed by atoms with Crippen LogP contribution in [-0.4, -0.2) is 44.7 Å². The SMILES string of the molecule is COc1ccc([C@@]23CCC(OC(=O)C(C)(C)C)=C[C@@H]2N(C)CC3)cc1OC. The van der Waals surface area contributed by atoms with Crippen molar-refractivity contribution in [3.05, 3.63) is 35.6 Å². The Morgan fingerprint density at radius 3 is 2.48 bits per heavy atom. The van der Waals surface area contributed by atoms with Crippen molar-refractivity contribution in [2.45, 2.75) is 51.5 Å². The molecular formula is C22H31NO4. The number of carbonyl (C=O) groups excluding carboxylic acids is 1. The second kappa shape index (κ2) is 7.19. The average molecular weight is 373 g/mol. The molecular weight excluding hydrogens is 342 g/mol. The number of nitrogens with zero attached hydrogens (tertiary/aromatic N) is 1. The predicted molar refractivity (Wildman–Crippen MR) is 105 cm³/mol. The maximum absolute atomic E-state index is 12.3. The van der Waals surface area contributed by atoms with Gasteiger partial charge in [-0.25, -0.2) is 0 Å². The quantitative estimate of drug-likeness (QED) is 0.749. The maximum Gasteiger partial charge on any atom is 0.316 e. The summed E-state index contributed by atoms with van der Waals surface area (Å²) in [5.74, 6) is 2.12. The van der Waals surface area contributed by atoms with Crippen molar-refractivity contribution in [1.29, 1.82) is 0 Å². The second-order valence-electron chi connectivity index (χ2n) is 8.67. The maximum atomic E-state index is 12.3. The first-order valence-electron chi connectivity index (χ1n) is 9.57. The molecule has 0 unspecified atom stereocenters. The van der Waals surface area contributed by atoms with Crippen molar-refractivity contribution in [3.63, 3.8) is 0 Å². The molecule has 0 amide bonds. The molecule has 1 fully saturated rings. The van der Waals surface area contributed by atoms with Crippen LogP contribution >= 0.6 is 0 Å². The highest BCUT2D eigenvalue weighted by atomic mass is 16.5. The van der Waals surface area contributed by atoms with E-state index < -0.39 is 5.41 Å². The smallest absolute Gasteiger partial charge is 0.316 e. The number of benzene rings is 1. The number of fused-ring (bicyclic) bond motifs is 1. The normalized spacial score (nSPS) is 25.6. The van der Waals surface area contributed by atoms with Crippen molar-refractivity contribution in [3.8, 4) is 11.5 Å². The first-order chi connectivity index (χ1) is 12.7. The molecule has 148 valence electrons. The monoisotopic (exact) mass is 373 g/mol. The van der Waals surface area contributed by atoms with Crippen LogP contribution in [-0.2, 0) is 14.9 Å². The highest BCUT2D eigenvalue weighted by Crippen LogP contribution is 2.49. The van der Waals surface area contributed by atoms with E-state index in [9.17, 15) is 4.79 Å². The Labute approximate surface area is 162 Å². The summed E-state index contributed by atoms with van der Waals surface area (Å²) in [5, 5.41) is 0. The number of hydrogen-bond donors (Lipinski definition) is 0. The number of likely N-dealkylation sites (tertiary alicyclic amines) is 1. The lowest BCUT2D eigenvalue weighted by atomic mass is 9.68.